The second-order valence-corrected chi connectivity index (χ2v) is 9.72. The molecule has 0 aliphatic rings. The van der Waals surface area contributed by atoms with Crippen LogP contribution in [0.5, 0.6) is 0 Å². The number of carbonyl (C=O) groups is 3. The molecule has 0 aromatic heterocycles. The smallest absolute Gasteiger partial charge is 0.408 e. The van der Waals surface area contributed by atoms with Gasteiger partial charge in [0.1, 0.15) is 5.60 Å². The normalized spacial score (nSPS) is 12.6. The number of alkyl carbamates (subject to hydrolysis) is 1. The zero-order valence-corrected chi connectivity index (χ0v) is 21.5. The quantitative estimate of drug-likeness (QED) is 0.396. The van der Waals surface area contributed by atoms with Gasteiger partial charge in [-0.3, -0.25) is 9.59 Å². The molecule has 194 valence electrons. The van der Waals surface area contributed by atoms with E-state index in [1.165, 1.54) is 0 Å². The highest BCUT2D eigenvalue weighted by atomic mass is 16.6. The highest BCUT2D eigenvalue weighted by molar-refractivity contribution is 5.85. The van der Waals surface area contributed by atoms with Crippen LogP contribution >= 0.6 is 0 Å². The Bertz CT molecular complexity index is 1140. The minimum atomic E-state index is -1.28. The van der Waals surface area contributed by atoms with Gasteiger partial charge in [-0.25, -0.2) is 4.79 Å². The van der Waals surface area contributed by atoms with Crippen LogP contribution in [-0.2, 0) is 38.4 Å². The van der Waals surface area contributed by atoms with Crippen molar-refractivity contribution >= 4 is 18.0 Å². The van der Waals surface area contributed by atoms with E-state index in [0.29, 0.717) is 0 Å². The van der Waals surface area contributed by atoms with Gasteiger partial charge in [0.15, 0.2) is 0 Å². The predicted octanol–water partition coefficient (Wildman–Crippen LogP) is 4.59. The number of ether oxygens (including phenoxy) is 2. The number of hydrogen-bond donors (Lipinski definition) is 2. The molecule has 3 aromatic carbocycles. The zero-order valence-electron chi connectivity index (χ0n) is 21.5. The topological polar surface area (TPSA) is 93.7 Å². The van der Waals surface area contributed by atoms with Crippen molar-refractivity contribution in [1.82, 2.24) is 10.6 Å². The van der Waals surface area contributed by atoms with E-state index in [1.54, 1.807) is 20.8 Å². The molecule has 0 fully saturated rings. The fourth-order valence-corrected chi connectivity index (χ4v) is 3.71. The third-order valence-electron chi connectivity index (χ3n) is 5.38. The molecule has 0 spiro atoms. The molecule has 3 aromatic rings. The Balaban J connectivity index is 1.85. The van der Waals surface area contributed by atoms with E-state index in [-0.39, 0.29) is 19.4 Å². The predicted molar refractivity (Wildman–Crippen MR) is 142 cm³/mol. The van der Waals surface area contributed by atoms with E-state index in [0.717, 1.165) is 16.7 Å². The van der Waals surface area contributed by atoms with E-state index in [1.807, 2.05) is 91.0 Å². The van der Waals surface area contributed by atoms with Crippen LogP contribution in [0, 0.1) is 0 Å². The standard InChI is InChI=1S/C30H34N2O5/c1-30(2,3)37-29(35)32-25(19-22-13-7-4-8-14-22)27(28(34)31-21-24-17-11-6-12-18-24)36-26(33)20-23-15-9-5-10-16-23/h4-18,25,27H,19-21H2,1-3H3,(H,31,34)(H,32,35). The Morgan fingerprint density at radius 1 is 0.757 bits per heavy atom. The average molecular weight is 503 g/mol. The molecule has 3 rings (SSSR count). The Morgan fingerprint density at radius 3 is 1.81 bits per heavy atom. The second-order valence-electron chi connectivity index (χ2n) is 9.72. The highest BCUT2D eigenvalue weighted by Crippen LogP contribution is 2.14. The van der Waals surface area contributed by atoms with Crippen LogP contribution in [0.4, 0.5) is 4.79 Å². The number of amides is 2. The monoisotopic (exact) mass is 502 g/mol. The number of carbonyl (C=O) groups excluding carboxylic acids is 3. The van der Waals surface area contributed by atoms with Crippen molar-refractivity contribution in [3.8, 4) is 0 Å². The molecule has 0 saturated heterocycles. The summed E-state index contributed by atoms with van der Waals surface area (Å²) >= 11 is 0. The maximum atomic E-state index is 13.4. The van der Waals surface area contributed by atoms with Gasteiger partial charge in [0.05, 0.1) is 12.5 Å². The summed E-state index contributed by atoms with van der Waals surface area (Å²) in [5, 5.41) is 5.62. The van der Waals surface area contributed by atoms with E-state index < -0.39 is 35.7 Å². The van der Waals surface area contributed by atoms with Gasteiger partial charge in [0, 0.05) is 6.54 Å². The third kappa shape index (κ3) is 9.80. The van der Waals surface area contributed by atoms with Gasteiger partial charge >= 0.3 is 12.1 Å². The van der Waals surface area contributed by atoms with Gasteiger partial charge in [0.2, 0.25) is 6.10 Å². The van der Waals surface area contributed by atoms with Crippen molar-refractivity contribution in [2.75, 3.05) is 0 Å². The fourth-order valence-electron chi connectivity index (χ4n) is 3.71. The molecule has 7 nitrogen and oxygen atoms in total. The summed E-state index contributed by atoms with van der Waals surface area (Å²) in [5.41, 5.74) is 1.78. The van der Waals surface area contributed by atoms with Gasteiger partial charge in [0.25, 0.3) is 5.91 Å². The number of esters is 1. The molecule has 2 atom stereocenters. The zero-order chi connectivity index (χ0) is 26.7. The molecule has 0 aliphatic heterocycles. The average Bonchev–Trinajstić information content (AvgIpc) is 2.86. The molecule has 0 aliphatic carbocycles. The molecule has 2 amide bonds. The van der Waals surface area contributed by atoms with Gasteiger partial charge in [-0.2, -0.15) is 0 Å². The Hall–Kier alpha value is -4.13. The minimum Gasteiger partial charge on any atom is -0.450 e. The number of hydrogen-bond acceptors (Lipinski definition) is 5. The number of rotatable bonds is 10. The Kier molecular flexibility index (Phi) is 9.84. The van der Waals surface area contributed by atoms with E-state index >= 15 is 0 Å². The van der Waals surface area contributed by atoms with Crippen LogP contribution in [0.1, 0.15) is 37.5 Å². The first-order valence-electron chi connectivity index (χ1n) is 12.3. The summed E-state index contributed by atoms with van der Waals surface area (Å²) in [7, 11) is 0. The lowest BCUT2D eigenvalue weighted by Gasteiger charge is -2.29. The van der Waals surface area contributed by atoms with E-state index in [4.69, 9.17) is 9.47 Å². The van der Waals surface area contributed by atoms with Crippen LogP contribution in [0.25, 0.3) is 0 Å². The van der Waals surface area contributed by atoms with Crippen LogP contribution in [0.2, 0.25) is 0 Å². The largest absolute Gasteiger partial charge is 0.450 e. The molecule has 0 bridgehead atoms. The van der Waals surface area contributed by atoms with Crippen LogP contribution in [0.3, 0.4) is 0 Å². The van der Waals surface area contributed by atoms with E-state index in [9.17, 15) is 14.4 Å². The lowest BCUT2D eigenvalue weighted by molar-refractivity contribution is -0.157. The van der Waals surface area contributed by atoms with Crippen molar-refractivity contribution in [2.45, 2.75) is 57.9 Å². The lowest BCUT2D eigenvalue weighted by Crippen LogP contribution is -2.54. The summed E-state index contributed by atoms with van der Waals surface area (Å²) in [4.78, 5) is 39.1. The van der Waals surface area contributed by atoms with Gasteiger partial charge in [-0.15, -0.1) is 0 Å². The van der Waals surface area contributed by atoms with Gasteiger partial charge < -0.3 is 20.1 Å². The SMILES string of the molecule is CC(C)(C)OC(=O)NC(Cc1ccccc1)C(OC(=O)Cc1ccccc1)C(=O)NCc1ccccc1. The molecule has 37 heavy (non-hydrogen) atoms. The number of nitrogens with one attached hydrogen (secondary N) is 2. The maximum absolute atomic E-state index is 13.4. The van der Waals surface area contributed by atoms with Crippen molar-refractivity contribution in [2.24, 2.45) is 0 Å². The summed E-state index contributed by atoms with van der Waals surface area (Å²) in [6, 6.07) is 27.1. The van der Waals surface area contributed by atoms with Crippen molar-refractivity contribution < 1.29 is 23.9 Å². The lowest BCUT2D eigenvalue weighted by atomic mass is 10.00. The Labute approximate surface area is 218 Å². The fraction of sp³-hybridized carbons (Fsp3) is 0.300. The molecule has 0 radical (unpaired) electrons. The van der Waals surface area contributed by atoms with Crippen molar-refractivity contribution in [1.29, 1.82) is 0 Å². The minimum absolute atomic E-state index is 0.00615. The Morgan fingerprint density at radius 2 is 1.27 bits per heavy atom. The summed E-state index contributed by atoms with van der Waals surface area (Å²) in [6.45, 7) is 5.51. The molecule has 2 N–H and O–H groups in total. The molecule has 0 saturated carbocycles. The first-order valence-corrected chi connectivity index (χ1v) is 12.3. The molecular weight excluding hydrogens is 468 g/mol. The number of benzene rings is 3. The van der Waals surface area contributed by atoms with Crippen LogP contribution < -0.4 is 10.6 Å². The maximum Gasteiger partial charge on any atom is 0.408 e. The molecule has 2 unspecified atom stereocenters. The third-order valence-corrected chi connectivity index (χ3v) is 5.38. The van der Waals surface area contributed by atoms with Crippen molar-refractivity contribution in [3.63, 3.8) is 0 Å². The summed E-state index contributed by atoms with van der Waals surface area (Å²) in [6.07, 6.45) is -1.74. The highest BCUT2D eigenvalue weighted by Gasteiger charge is 2.34. The second kappa shape index (κ2) is 13.3. The first kappa shape index (κ1) is 27.5. The van der Waals surface area contributed by atoms with Crippen LogP contribution in [0.15, 0.2) is 91.0 Å². The van der Waals surface area contributed by atoms with Gasteiger partial charge in [-0.05, 0) is 43.9 Å². The first-order chi connectivity index (χ1) is 17.7. The van der Waals surface area contributed by atoms with Crippen molar-refractivity contribution in [3.05, 3.63) is 108 Å². The van der Waals surface area contributed by atoms with Gasteiger partial charge in [-0.1, -0.05) is 91.0 Å². The molecular formula is C30H34N2O5. The molecule has 7 heteroatoms. The summed E-state index contributed by atoms with van der Waals surface area (Å²) < 4.78 is 11.2. The molecule has 0 heterocycles. The van der Waals surface area contributed by atoms with E-state index in [2.05, 4.69) is 10.6 Å². The van der Waals surface area contributed by atoms with Crippen LogP contribution in [-0.4, -0.2) is 35.7 Å². The summed E-state index contributed by atoms with van der Waals surface area (Å²) in [5.74, 6) is -1.09.